The minimum absolute atomic E-state index is 0.282. The van der Waals surface area contributed by atoms with E-state index in [0.717, 1.165) is 29.7 Å². The third kappa shape index (κ3) is 4.47. The van der Waals surface area contributed by atoms with E-state index in [0.29, 0.717) is 17.6 Å². The normalized spacial score (nSPS) is 11.4. The van der Waals surface area contributed by atoms with Crippen LogP contribution >= 0.6 is 0 Å². The van der Waals surface area contributed by atoms with E-state index in [1.165, 1.54) is 17.6 Å². The smallest absolute Gasteiger partial charge is 0.229 e. The van der Waals surface area contributed by atoms with Crippen molar-refractivity contribution in [2.75, 3.05) is 26.0 Å². The molecule has 0 aliphatic rings. The molecule has 0 unspecified atom stereocenters. The number of halogens is 1. The Morgan fingerprint density at radius 1 is 0.939 bits per heavy atom. The van der Waals surface area contributed by atoms with Gasteiger partial charge in [-0.15, -0.1) is 0 Å². The van der Waals surface area contributed by atoms with Gasteiger partial charge in [0.2, 0.25) is 5.95 Å². The molecule has 0 fully saturated rings. The summed E-state index contributed by atoms with van der Waals surface area (Å²) in [7, 11) is 4.16. The molecule has 0 spiro atoms. The Hall–Kier alpha value is -4.04. The molecule has 7 nitrogen and oxygen atoms in total. The van der Waals surface area contributed by atoms with Crippen LogP contribution in [-0.4, -0.2) is 49.6 Å². The molecule has 0 aliphatic carbocycles. The standard InChI is InChI=1S/C25H24FN7/c1-31(2)15-16-32-13-10-19-17-21(7-8-22(19)32)29-25-28-11-9-23(30-25)33-14-12-27-24(33)18-3-5-20(26)6-4-18/h3-14,17H,15-16H2,1-2H3,(H,28,29,30). The monoisotopic (exact) mass is 441 g/mol. The largest absolute Gasteiger partial charge is 0.346 e. The van der Waals surface area contributed by atoms with E-state index in [1.54, 1.807) is 24.5 Å². The van der Waals surface area contributed by atoms with Crippen molar-refractivity contribution in [3.63, 3.8) is 0 Å². The molecule has 3 heterocycles. The molecule has 3 aromatic heterocycles. The lowest BCUT2D eigenvalue weighted by molar-refractivity contribution is 0.387. The molecule has 2 aromatic carbocycles. The third-order valence-corrected chi connectivity index (χ3v) is 5.45. The summed E-state index contributed by atoms with van der Waals surface area (Å²) in [5.74, 6) is 1.55. The average molecular weight is 442 g/mol. The molecular formula is C25H24FN7. The summed E-state index contributed by atoms with van der Waals surface area (Å²) in [5, 5.41) is 4.46. The first kappa shape index (κ1) is 20.8. The van der Waals surface area contributed by atoms with Crippen LogP contribution in [0.25, 0.3) is 28.1 Å². The molecule has 0 amide bonds. The third-order valence-electron chi connectivity index (χ3n) is 5.45. The van der Waals surface area contributed by atoms with Crippen LogP contribution in [0, 0.1) is 5.82 Å². The van der Waals surface area contributed by atoms with Gasteiger partial charge < -0.3 is 14.8 Å². The lowest BCUT2D eigenvalue weighted by Crippen LogP contribution is -2.17. The Kier molecular flexibility index (Phi) is 5.58. The van der Waals surface area contributed by atoms with Gasteiger partial charge >= 0.3 is 0 Å². The van der Waals surface area contributed by atoms with Crippen molar-refractivity contribution in [3.8, 4) is 17.2 Å². The Morgan fingerprint density at radius 3 is 2.61 bits per heavy atom. The van der Waals surface area contributed by atoms with Crippen molar-refractivity contribution in [3.05, 3.63) is 85.2 Å². The number of anilines is 2. The van der Waals surface area contributed by atoms with E-state index < -0.39 is 0 Å². The summed E-state index contributed by atoms with van der Waals surface area (Å²) in [6.45, 7) is 1.92. The molecule has 0 atom stereocenters. The molecule has 33 heavy (non-hydrogen) atoms. The summed E-state index contributed by atoms with van der Waals surface area (Å²) in [5.41, 5.74) is 2.91. The lowest BCUT2D eigenvalue weighted by Gasteiger charge is -2.12. The molecule has 0 radical (unpaired) electrons. The predicted octanol–water partition coefficient (Wildman–Crippen LogP) is 4.73. The molecule has 1 N–H and O–H groups in total. The van der Waals surface area contributed by atoms with Crippen LogP contribution < -0.4 is 5.32 Å². The highest BCUT2D eigenvalue weighted by Crippen LogP contribution is 2.24. The molecular weight excluding hydrogens is 417 g/mol. The van der Waals surface area contributed by atoms with Crippen LogP contribution in [0.1, 0.15) is 0 Å². The second kappa shape index (κ2) is 8.84. The van der Waals surface area contributed by atoms with Gasteiger partial charge in [-0.1, -0.05) is 0 Å². The van der Waals surface area contributed by atoms with E-state index in [-0.39, 0.29) is 5.82 Å². The topological polar surface area (TPSA) is 63.8 Å². The molecule has 0 bridgehead atoms. The minimum atomic E-state index is -0.282. The van der Waals surface area contributed by atoms with Crippen molar-refractivity contribution in [1.82, 2.24) is 29.0 Å². The van der Waals surface area contributed by atoms with Crippen LogP contribution in [-0.2, 0) is 6.54 Å². The predicted molar refractivity (Wildman–Crippen MR) is 128 cm³/mol. The van der Waals surface area contributed by atoms with E-state index in [4.69, 9.17) is 0 Å². The summed E-state index contributed by atoms with van der Waals surface area (Å²) in [6, 6.07) is 16.4. The summed E-state index contributed by atoms with van der Waals surface area (Å²) < 4.78 is 17.4. The van der Waals surface area contributed by atoms with E-state index in [2.05, 4.69) is 68.2 Å². The van der Waals surface area contributed by atoms with Crippen LogP contribution in [0.2, 0.25) is 0 Å². The van der Waals surface area contributed by atoms with Gasteiger partial charge in [0, 0.05) is 60.0 Å². The van der Waals surface area contributed by atoms with Gasteiger partial charge in [0.05, 0.1) is 0 Å². The maximum atomic E-state index is 13.3. The fraction of sp³-hybridized carbons (Fsp3) is 0.160. The molecule has 0 saturated heterocycles. The molecule has 5 rings (SSSR count). The zero-order valence-corrected chi connectivity index (χ0v) is 18.5. The highest BCUT2D eigenvalue weighted by atomic mass is 19.1. The first-order valence-electron chi connectivity index (χ1n) is 10.7. The van der Waals surface area contributed by atoms with Gasteiger partial charge in [0.1, 0.15) is 17.5 Å². The zero-order chi connectivity index (χ0) is 22.8. The van der Waals surface area contributed by atoms with E-state index >= 15 is 0 Å². The highest BCUT2D eigenvalue weighted by Gasteiger charge is 2.11. The van der Waals surface area contributed by atoms with E-state index in [9.17, 15) is 4.39 Å². The van der Waals surface area contributed by atoms with Gasteiger partial charge in [-0.2, -0.15) is 4.98 Å². The number of likely N-dealkylation sites (N-methyl/N-ethyl adjacent to an activating group) is 1. The first-order chi connectivity index (χ1) is 16.1. The molecule has 166 valence electrons. The Balaban J connectivity index is 1.39. The average Bonchev–Trinajstić information content (AvgIpc) is 3.45. The van der Waals surface area contributed by atoms with Crippen LogP contribution in [0.4, 0.5) is 16.0 Å². The Bertz CT molecular complexity index is 1390. The van der Waals surface area contributed by atoms with Gasteiger partial charge in [0.25, 0.3) is 0 Å². The number of hydrogen-bond acceptors (Lipinski definition) is 5. The quantitative estimate of drug-likeness (QED) is 0.396. The van der Waals surface area contributed by atoms with Crippen LogP contribution in [0.3, 0.4) is 0 Å². The van der Waals surface area contributed by atoms with Gasteiger partial charge in [0.15, 0.2) is 0 Å². The number of aromatic nitrogens is 5. The number of rotatable bonds is 7. The molecule has 0 aliphatic heterocycles. The summed E-state index contributed by atoms with van der Waals surface area (Å²) >= 11 is 0. The van der Waals surface area contributed by atoms with Crippen molar-refractivity contribution < 1.29 is 4.39 Å². The van der Waals surface area contributed by atoms with Gasteiger partial charge in [-0.3, -0.25) is 4.57 Å². The maximum absolute atomic E-state index is 13.3. The second-order valence-electron chi connectivity index (χ2n) is 8.08. The van der Waals surface area contributed by atoms with Crippen LogP contribution in [0.5, 0.6) is 0 Å². The van der Waals surface area contributed by atoms with Crippen molar-refractivity contribution >= 4 is 22.5 Å². The van der Waals surface area contributed by atoms with Gasteiger partial charge in [-0.05, 0) is 68.7 Å². The lowest BCUT2D eigenvalue weighted by atomic mass is 10.2. The first-order valence-corrected chi connectivity index (χ1v) is 10.7. The number of nitrogens with zero attached hydrogens (tertiary/aromatic N) is 6. The molecule has 5 aromatic rings. The number of fused-ring (bicyclic) bond motifs is 1. The fourth-order valence-electron chi connectivity index (χ4n) is 3.75. The number of hydrogen-bond donors (Lipinski definition) is 1. The van der Waals surface area contributed by atoms with Crippen LogP contribution in [0.15, 0.2) is 79.4 Å². The second-order valence-corrected chi connectivity index (χ2v) is 8.08. The zero-order valence-electron chi connectivity index (χ0n) is 18.5. The van der Waals surface area contributed by atoms with Crippen molar-refractivity contribution in [1.29, 1.82) is 0 Å². The fourth-order valence-corrected chi connectivity index (χ4v) is 3.75. The van der Waals surface area contributed by atoms with Crippen molar-refractivity contribution in [2.24, 2.45) is 0 Å². The summed E-state index contributed by atoms with van der Waals surface area (Å²) in [4.78, 5) is 15.6. The number of benzene rings is 2. The minimum Gasteiger partial charge on any atom is -0.346 e. The number of nitrogens with one attached hydrogen (secondary N) is 1. The Morgan fingerprint density at radius 2 is 1.79 bits per heavy atom. The SMILES string of the molecule is CN(C)CCn1ccc2cc(Nc3nccc(-n4ccnc4-c4ccc(F)cc4)n3)ccc21. The molecule has 8 heteroatoms. The maximum Gasteiger partial charge on any atom is 0.229 e. The number of imidazole rings is 1. The van der Waals surface area contributed by atoms with E-state index in [1.807, 2.05) is 22.9 Å². The van der Waals surface area contributed by atoms with Crippen molar-refractivity contribution in [2.45, 2.75) is 6.54 Å². The Labute approximate surface area is 191 Å². The molecule has 0 saturated carbocycles. The van der Waals surface area contributed by atoms with Gasteiger partial charge in [-0.25, -0.2) is 14.4 Å². The summed E-state index contributed by atoms with van der Waals surface area (Å²) in [6.07, 6.45) is 7.34. The highest BCUT2D eigenvalue weighted by molar-refractivity contribution is 5.84.